The second-order valence-corrected chi connectivity index (χ2v) is 1.90. The van der Waals surface area contributed by atoms with Crippen molar-refractivity contribution in [3.05, 3.63) is 29.6 Å². The number of carboxylic acids is 1. The number of hydrogen-bond acceptors (Lipinski definition) is 3. The third-order valence-corrected chi connectivity index (χ3v) is 1.14. The van der Waals surface area contributed by atoms with Gasteiger partial charge in [0.25, 0.3) is 0 Å². The fraction of sp³-hybridized carbons (Fsp3) is 0. The van der Waals surface area contributed by atoms with Crippen LogP contribution in [0.25, 0.3) is 0 Å². The maximum atomic E-state index is 10.3. The first-order chi connectivity index (χ1) is 5.24. The van der Waals surface area contributed by atoms with Gasteiger partial charge >= 0.3 is 5.97 Å². The Kier molecular flexibility index (Phi) is 1.96. The number of carbonyl (C=O) groups excluding carboxylic acids is 1. The molecule has 0 aliphatic heterocycles. The minimum atomic E-state index is -1.13. The first-order valence-corrected chi connectivity index (χ1v) is 2.88. The van der Waals surface area contributed by atoms with Crippen LogP contribution in [0.4, 0.5) is 0 Å². The Morgan fingerprint density at radius 3 is 2.91 bits per heavy atom. The van der Waals surface area contributed by atoms with Gasteiger partial charge in [0.05, 0.1) is 0 Å². The molecule has 0 saturated heterocycles. The average Bonchev–Trinajstić information content (AvgIpc) is 2.05. The molecule has 1 N–H and O–H groups in total. The monoisotopic (exact) mass is 151 g/mol. The number of carboxylic acid groups (broad SMARTS) is 1. The third-order valence-electron chi connectivity index (χ3n) is 1.14. The van der Waals surface area contributed by atoms with E-state index in [1.165, 1.54) is 18.3 Å². The van der Waals surface area contributed by atoms with Gasteiger partial charge in [-0.25, -0.2) is 9.78 Å². The zero-order valence-corrected chi connectivity index (χ0v) is 5.52. The summed E-state index contributed by atoms with van der Waals surface area (Å²) in [7, 11) is 0. The molecule has 0 fully saturated rings. The van der Waals surface area contributed by atoms with Crippen molar-refractivity contribution < 1.29 is 14.7 Å². The van der Waals surface area contributed by atoms with Crippen LogP contribution >= 0.6 is 0 Å². The van der Waals surface area contributed by atoms with E-state index < -0.39 is 5.97 Å². The number of aromatic carboxylic acids is 1. The van der Waals surface area contributed by atoms with Crippen LogP contribution < -0.4 is 0 Å². The predicted molar refractivity (Wildman–Crippen MR) is 36.6 cm³/mol. The molecule has 1 aromatic heterocycles. The van der Waals surface area contributed by atoms with Crippen molar-refractivity contribution in [3.8, 4) is 0 Å². The van der Waals surface area contributed by atoms with Gasteiger partial charge in [-0.1, -0.05) is 0 Å². The highest BCUT2D eigenvalue weighted by atomic mass is 16.4. The summed E-state index contributed by atoms with van der Waals surface area (Å²) in [6.45, 7) is 0. The Balaban J connectivity index is 3.10. The molecule has 0 unspecified atom stereocenters. The van der Waals surface area contributed by atoms with E-state index in [1.54, 1.807) is 0 Å². The van der Waals surface area contributed by atoms with Gasteiger partial charge in [-0.3, -0.25) is 4.79 Å². The summed E-state index contributed by atoms with van der Waals surface area (Å²) in [6.07, 6.45) is 1.86. The largest absolute Gasteiger partial charge is 0.477 e. The number of aldehydes is 1. The maximum Gasteiger partial charge on any atom is 0.354 e. The van der Waals surface area contributed by atoms with Crippen molar-refractivity contribution >= 4 is 12.3 Å². The molecule has 0 aliphatic rings. The Bertz CT molecular complexity index is 295. The number of pyridine rings is 1. The third kappa shape index (κ3) is 1.61. The molecule has 0 saturated carbocycles. The highest BCUT2D eigenvalue weighted by molar-refractivity contribution is 5.87. The fourth-order valence-electron chi connectivity index (χ4n) is 0.637. The Hall–Kier alpha value is -1.71. The van der Waals surface area contributed by atoms with Gasteiger partial charge in [0, 0.05) is 11.8 Å². The first kappa shape index (κ1) is 7.40. The Labute approximate surface area is 62.5 Å². The zero-order valence-electron chi connectivity index (χ0n) is 5.52. The topological polar surface area (TPSA) is 67.3 Å². The normalized spacial score (nSPS) is 9.09. The quantitative estimate of drug-likeness (QED) is 0.628. The molecule has 11 heavy (non-hydrogen) atoms. The highest BCUT2D eigenvalue weighted by Crippen LogP contribution is 1.97. The molecule has 0 aromatic carbocycles. The lowest BCUT2D eigenvalue weighted by Crippen LogP contribution is -2.00. The minimum Gasteiger partial charge on any atom is -0.477 e. The molecule has 0 bridgehead atoms. The van der Waals surface area contributed by atoms with Crippen LogP contribution in [-0.4, -0.2) is 22.3 Å². The number of carbonyl (C=O) groups is 2. The van der Waals surface area contributed by atoms with Crippen molar-refractivity contribution in [2.75, 3.05) is 0 Å². The summed E-state index contributed by atoms with van der Waals surface area (Å²) < 4.78 is 0. The summed E-state index contributed by atoms with van der Waals surface area (Å²) in [5.41, 5.74) is 0.201. The lowest BCUT2D eigenvalue weighted by molar-refractivity contribution is 0.0690. The maximum absolute atomic E-state index is 10.3. The second-order valence-electron chi connectivity index (χ2n) is 1.90. The summed E-state index contributed by atoms with van der Waals surface area (Å²) in [5, 5.41) is 8.43. The molecule has 4 heteroatoms. The van der Waals surface area contributed by atoms with Crippen molar-refractivity contribution in [1.29, 1.82) is 0 Å². The minimum absolute atomic E-state index is 0.116. The molecule has 1 heterocycles. The van der Waals surface area contributed by atoms with Crippen LogP contribution in [0.2, 0.25) is 0 Å². The van der Waals surface area contributed by atoms with E-state index in [0.29, 0.717) is 11.8 Å². The van der Waals surface area contributed by atoms with E-state index in [1.807, 2.05) is 0 Å². The predicted octanol–water partition coefficient (Wildman–Crippen LogP) is 0.592. The van der Waals surface area contributed by atoms with Crippen molar-refractivity contribution in [2.24, 2.45) is 0 Å². The highest BCUT2D eigenvalue weighted by Gasteiger charge is 2.03. The van der Waals surface area contributed by atoms with Gasteiger partial charge in [0.1, 0.15) is 12.0 Å². The molecule has 1 aromatic rings. The van der Waals surface area contributed by atoms with E-state index in [0.717, 1.165) is 0 Å². The van der Waals surface area contributed by atoms with Crippen molar-refractivity contribution in [1.82, 2.24) is 4.98 Å². The van der Waals surface area contributed by atoms with Crippen LogP contribution in [0.3, 0.4) is 0 Å². The average molecular weight is 151 g/mol. The summed E-state index contributed by atoms with van der Waals surface area (Å²) in [6, 6.07) is 2.66. The Morgan fingerprint density at radius 2 is 2.36 bits per heavy atom. The van der Waals surface area contributed by atoms with E-state index >= 15 is 0 Å². The van der Waals surface area contributed by atoms with E-state index in [4.69, 9.17) is 5.11 Å². The van der Waals surface area contributed by atoms with Crippen molar-refractivity contribution in [2.45, 2.75) is 0 Å². The van der Waals surface area contributed by atoms with E-state index in [-0.39, 0.29) is 5.69 Å². The van der Waals surface area contributed by atoms with E-state index in [9.17, 15) is 9.59 Å². The standard InChI is InChI=1S/C7H5NO3/c9-4-5-1-2-8-6(3-5)7(10)11/h1-4H,(H,10,11). The molecule has 0 atom stereocenters. The molecule has 0 aliphatic carbocycles. The van der Waals surface area contributed by atoms with Crippen LogP contribution in [-0.2, 0) is 0 Å². The van der Waals surface area contributed by atoms with Gasteiger partial charge in [0.2, 0.25) is 0 Å². The number of nitrogens with zero attached hydrogens (tertiary/aromatic N) is 1. The van der Waals surface area contributed by atoms with Crippen LogP contribution in [0.1, 0.15) is 20.8 Å². The second kappa shape index (κ2) is 2.92. The van der Waals surface area contributed by atoms with Crippen molar-refractivity contribution in [3.63, 3.8) is 0 Å². The zero-order chi connectivity index (χ0) is 8.27. The molecule has 0 amide bonds. The lowest BCUT2D eigenvalue weighted by Gasteiger charge is -1.92. The van der Waals surface area contributed by atoms with Crippen LogP contribution in [0, 0.1) is 0 Å². The number of aromatic nitrogens is 1. The smallest absolute Gasteiger partial charge is 0.354 e. The summed E-state index contributed by atoms with van der Waals surface area (Å²) in [5.74, 6) is -1.13. The summed E-state index contributed by atoms with van der Waals surface area (Å²) >= 11 is 0. The van der Waals surface area contributed by atoms with Gasteiger partial charge in [-0.15, -0.1) is 0 Å². The van der Waals surface area contributed by atoms with Gasteiger partial charge < -0.3 is 5.11 Å². The number of rotatable bonds is 2. The van der Waals surface area contributed by atoms with Gasteiger partial charge in [-0.2, -0.15) is 0 Å². The molecule has 56 valence electrons. The van der Waals surface area contributed by atoms with E-state index in [2.05, 4.69) is 4.98 Å². The van der Waals surface area contributed by atoms with Gasteiger partial charge in [-0.05, 0) is 12.1 Å². The first-order valence-electron chi connectivity index (χ1n) is 2.88. The molecule has 1 rings (SSSR count). The van der Waals surface area contributed by atoms with Crippen LogP contribution in [0.15, 0.2) is 18.3 Å². The molecule has 0 radical (unpaired) electrons. The lowest BCUT2D eigenvalue weighted by atomic mass is 10.2. The molecular weight excluding hydrogens is 146 g/mol. The Morgan fingerprint density at radius 1 is 1.64 bits per heavy atom. The number of hydrogen-bond donors (Lipinski definition) is 1. The molecule has 0 spiro atoms. The fourth-order valence-corrected chi connectivity index (χ4v) is 0.637. The molecule has 4 nitrogen and oxygen atoms in total. The van der Waals surface area contributed by atoms with Gasteiger partial charge in [0.15, 0.2) is 0 Å². The SMILES string of the molecule is O=Cc1ccnc(C(=O)O)c1. The van der Waals surface area contributed by atoms with Crippen LogP contribution in [0.5, 0.6) is 0 Å². The summed E-state index contributed by atoms with van der Waals surface area (Å²) in [4.78, 5) is 24.0. The molecular formula is C7H5NO3.